The zero-order valence-corrected chi connectivity index (χ0v) is 21.6. The summed E-state index contributed by atoms with van der Waals surface area (Å²) < 4.78 is 71.2. The van der Waals surface area contributed by atoms with Gasteiger partial charge >= 0.3 is 10.2 Å². The summed E-state index contributed by atoms with van der Waals surface area (Å²) in [6.07, 6.45) is 1.94. The lowest BCUT2D eigenvalue weighted by atomic mass is 10.2. The topological polar surface area (TPSA) is 72.8 Å². The number of halogens is 6. The van der Waals surface area contributed by atoms with Crippen molar-refractivity contribution >= 4 is 45.3 Å². The molecule has 1 aromatic heterocycles. The van der Waals surface area contributed by atoms with E-state index in [9.17, 15) is 24.2 Å². The summed E-state index contributed by atoms with van der Waals surface area (Å²) in [6.45, 7) is 2.13. The summed E-state index contributed by atoms with van der Waals surface area (Å²) >= 11 is 7.56. The predicted molar refractivity (Wildman–Crippen MR) is 134 cm³/mol. The number of aliphatic imine (C=N–C) groups is 1. The van der Waals surface area contributed by atoms with Crippen LogP contribution in [0, 0.1) is 0 Å². The van der Waals surface area contributed by atoms with Gasteiger partial charge in [0.05, 0.1) is 15.6 Å². The van der Waals surface area contributed by atoms with Crippen molar-refractivity contribution in [1.82, 2.24) is 10.5 Å². The molecule has 0 radical (unpaired) electrons. The van der Waals surface area contributed by atoms with E-state index in [-0.39, 0.29) is 6.61 Å². The van der Waals surface area contributed by atoms with Gasteiger partial charge in [-0.1, -0.05) is 56.5 Å². The van der Waals surface area contributed by atoms with E-state index in [1.165, 1.54) is 11.3 Å². The number of hydrogen-bond acceptors (Lipinski definition) is 7. The second kappa shape index (κ2) is 9.53. The van der Waals surface area contributed by atoms with Crippen LogP contribution in [0.1, 0.15) is 35.9 Å². The maximum atomic E-state index is 13.1. The molecule has 0 spiro atoms. The SMILES string of the molecule is CCCCc1nc(-c2ccc(S(F)(F)(F)(F)F)cc2)sc1COc1ccc(C2=NC(C=O)ON2)c(Cl)c1. The van der Waals surface area contributed by atoms with Crippen molar-refractivity contribution in [1.29, 1.82) is 0 Å². The molecule has 0 fully saturated rings. The van der Waals surface area contributed by atoms with Crippen molar-refractivity contribution in [3.05, 3.63) is 63.6 Å². The summed E-state index contributed by atoms with van der Waals surface area (Å²) in [6, 6.07) is 7.64. The van der Waals surface area contributed by atoms with Crippen LogP contribution in [0.25, 0.3) is 10.6 Å². The largest absolute Gasteiger partial charge is 0.488 e. The van der Waals surface area contributed by atoms with Gasteiger partial charge in [-0.3, -0.25) is 4.79 Å². The molecule has 1 N–H and O–H groups in total. The zero-order valence-electron chi connectivity index (χ0n) is 19.2. The molecule has 1 aliphatic rings. The minimum absolute atomic E-state index is 0.117. The van der Waals surface area contributed by atoms with Crippen molar-refractivity contribution in [3.63, 3.8) is 0 Å². The lowest BCUT2D eigenvalue weighted by molar-refractivity contribution is -0.118. The van der Waals surface area contributed by atoms with E-state index in [4.69, 9.17) is 21.2 Å². The first-order chi connectivity index (χ1) is 17.3. The fraction of sp³-hybridized carbons (Fsp3) is 0.261. The van der Waals surface area contributed by atoms with Gasteiger partial charge in [-0.25, -0.2) is 20.3 Å². The molecule has 0 bridgehead atoms. The Bertz CT molecular complexity index is 1350. The Morgan fingerprint density at radius 3 is 2.49 bits per heavy atom. The molecule has 200 valence electrons. The van der Waals surface area contributed by atoms with E-state index in [0.717, 1.165) is 35.5 Å². The average Bonchev–Trinajstić information content (AvgIpc) is 3.47. The lowest BCUT2D eigenvalue weighted by Gasteiger charge is -2.40. The molecule has 1 unspecified atom stereocenters. The number of thiazole rings is 1. The number of nitrogens with one attached hydrogen (secondary N) is 1. The van der Waals surface area contributed by atoms with Crippen LogP contribution < -0.4 is 10.2 Å². The Hall–Kier alpha value is -2.74. The van der Waals surface area contributed by atoms with Gasteiger partial charge in [-0.2, -0.15) is 0 Å². The molecule has 0 saturated heterocycles. The van der Waals surface area contributed by atoms with E-state index in [2.05, 4.69) is 15.5 Å². The van der Waals surface area contributed by atoms with Gasteiger partial charge < -0.3 is 4.74 Å². The molecule has 1 atom stereocenters. The highest BCUT2D eigenvalue weighted by molar-refractivity contribution is 8.45. The number of unbranched alkanes of at least 4 members (excludes halogenated alkanes) is 1. The first-order valence-electron chi connectivity index (χ1n) is 11.0. The molecule has 14 heteroatoms. The highest BCUT2D eigenvalue weighted by atomic mass is 35.5. The number of amidine groups is 1. The van der Waals surface area contributed by atoms with Crippen LogP contribution >= 0.6 is 33.2 Å². The summed E-state index contributed by atoms with van der Waals surface area (Å²) in [5.74, 6) is 0.746. The van der Waals surface area contributed by atoms with Crippen LogP contribution in [0.15, 0.2) is 52.4 Å². The van der Waals surface area contributed by atoms with Crippen LogP contribution in [-0.4, -0.2) is 23.3 Å². The van der Waals surface area contributed by atoms with Crippen molar-refractivity contribution in [3.8, 4) is 16.3 Å². The van der Waals surface area contributed by atoms with Gasteiger partial charge in [0.25, 0.3) is 0 Å². The molecule has 37 heavy (non-hydrogen) atoms. The number of benzene rings is 2. The van der Waals surface area contributed by atoms with Crippen LogP contribution in [0.5, 0.6) is 5.75 Å². The smallest absolute Gasteiger partial charge is 0.310 e. The standard InChI is InChI=1S/C23H21ClF5N3O3S2/c1-2-3-4-19-20(36-23(30-19)14-5-8-16(9-6-14)37(25,26,27,28)29)13-34-15-7-10-17(18(24)11-15)22-31-21(12-33)35-32-22/h5-12,21H,2-4,13H2,1H3,(H,31,32). The minimum Gasteiger partial charge on any atom is -0.488 e. The van der Waals surface area contributed by atoms with Gasteiger partial charge in [0.15, 0.2) is 12.1 Å². The molecule has 2 heterocycles. The molecule has 4 rings (SSSR count). The van der Waals surface area contributed by atoms with Gasteiger partial charge in [0.1, 0.15) is 22.3 Å². The fourth-order valence-corrected chi connectivity index (χ4v) is 5.36. The molecule has 0 aliphatic carbocycles. The second-order valence-corrected chi connectivity index (χ2v) is 12.0. The highest BCUT2D eigenvalue weighted by Gasteiger charge is 2.65. The molecule has 0 amide bonds. The third kappa shape index (κ3) is 6.58. The lowest BCUT2D eigenvalue weighted by Crippen LogP contribution is -2.19. The Morgan fingerprint density at radius 2 is 1.89 bits per heavy atom. The van der Waals surface area contributed by atoms with Crippen molar-refractivity contribution in [2.75, 3.05) is 0 Å². The van der Waals surface area contributed by atoms with Crippen molar-refractivity contribution in [2.24, 2.45) is 4.99 Å². The maximum Gasteiger partial charge on any atom is 0.310 e. The van der Waals surface area contributed by atoms with Gasteiger partial charge in [0, 0.05) is 11.1 Å². The molecule has 2 aromatic carbocycles. The number of carbonyl (C=O) groups excluding carboxylic acids is 1. The molecule has 6 nitrogen and oxygen atoms in total. The third-order valence-corrected chi connectivity index (χ3v) is 7.90. The molecular weight excluding hydrogens is 561 g/mol. The van der Waals surface area contributed by atoms with Crippen molar-refractivity contribution < 1.29 is 33.8 Å². The van der Waals surface area contributed by atoms with Crippen molar-refractivity contribution in [2.45, 2.75) is 43.9 Å². The first-order valence-corrected chi connectivity index (χ1v) is 14.1. The minimum atomic E-state index is -9.75. The van der Waals surface area contributed by atoms with Crippen LogP contribution in [0.2, 0.25) is 5.02 Å². The number of aromatic nitrogens is 1. The summed E-state index contributed by atoms with van der Waals surface area (Å²) in [7, 11) is -9.75. The fourth-order valence-electron chi connectivity index (χ4n) is 3.42. The maximum absolute atomic E-state index is 13.1. The van der Waals surface area contributed by atoms with E-state index < -0.39 is 21.3 Å². The summed E-state index contributed by atoms with van der Waals surface area (Å²) in [4.78, 5) is 23.2. The van der Waals surface area contributed by atoms with E-state index >= 15 is 0 Å². The quantitative estimate of drug-likeness (QED) is 0.195. The molecule has 0 saturated carbocycles. The average molecular weight is 582 g/mol. The number of nitrogens with zero attached hydrogens (tertiary/aromatic N) is 2. The normalized spacial score (nSPS) is 17.5. The van der Waals surface area contributed by atoms with E-state index in [1.54, 1.807) is 18.2 Å². The summed E-state index contributed by atoms with van der Waals surface area (Å²) in [5, 5.41) is 0.709. The number of hydroxylamine groups is 1. The number of hydrogen-bond donors (Lipinski definition) is 1. The van der Waals surface area contributed by atoms with Crippen LogP contribution in [0.3, 0.4) is 0 Å². The van der Waals surface area contributed by atoms with E-state index in [0.29, 0.717) is 57.6 Å². The highest BCUT2D eigenvalue weighted by Crippen LogP contribution is 3.02. The Labute approximate surface area is 218 Å². The number of rotatable bonds is 10. The first kappa shape index (κ1) is 27.3. The van der Waals surface area contributed by atoms with Crippen LogP contribution in [-0.2, 0) is 22.7 Å². The van der Waals surface area contributed by atoms with Gasteiger partial charge in [-0.05, 0) is 43.2 Å². The summed E-state index contributed by atoms with van der Waals surface area (Å²) in [5.41, 5.74) is 4.07. The third-order valence-electron chi connectivity index (χ3n) is 5.31. The van der Waals surface area contributed by atoms with Crippen LogP contribution in [0.4, 0.5) is 19.4 Å². The number of aldehydes is 1. The Kier molecular flexibility index (Phi) is 7.03. The number of aryl methyl sites for hydroxylation is 1. The molecule has 3 aromatic rings. The van der Waals surface area contributed by atoms with E-state index in [1.807, 2.05) is 6.92 Å². The van der Waals surface area contributed by atoms with Gasteiger partial charge in [0.2, 0.25) is 6.23 Å². The monoisotopic (exact) mass is 581 g/mol. The zero-order chi connectivity index (χ0) is 26.9. The molecule has 1 aliphatic heterocycles. The number of carbonyl (C=O) groups is 1. The second-order valence-electron chi connectivity index (χ2n) is 8.14. The Balaban J connectivity index is 1.53. The Morgan fingerprint density at radius 1 is 1.16 bits per heavy atom. The predicted octanol–water partition coefficient (Wildman–Crippen LogP) is 7.85. The number of ether oxygens (including phenoxy) is 1. The molecular formula is C23H21ClF5N3O3S2. The van der Waals surface area contributed by atoms with Gasteiger partial charge in [-0.15, -0.1) is 11.3 Å².